The summed E-state index contributed by atoms with van der Waals surface area (Å²) in [7, 11) is 2.27. The van der Waals surface area contributed by atoms with E-state index in [1.54, 1.807) is 0 Å². The topological polar surface area (TPSA) is 29.3 Å². The average Bonchev–Trinajstić information content (AvgIpc) is 2.52. The maximum Gasteiger partial charge on any atom is 0.0307 e. The Morgan fingerprint density at radius 2 is 2.00 bits per heavy atom. The van der Waals surface area contributed by atoms with Crippen molar-refractivity contribution in [2.75, 3.05) is 13.6 Å². The van der Waals surface area contributed by atoms with Crippen LogP contribution in [0.15, 0.2) is 28.7 Å². The molecule has 0 aromatic heterocycles. The molecule has 1 aromatic carbocycles. The molecular formula is C18H29BrN2. The van der Waals surface area contributed by atoms with Crippen molar-refractivity contribution in [2.45, 2.75) is 57.5 Å². The van der Waals surface area contributed by atoms with E-state index in [0.29, 0.717) is 0 Å². The summed E-state index contributed by atoms with van der Waals surface area (Å²) in [6.45, 7) is 3.42. The van der Waals surface area contributed by atoms with Crippen molar-refractivity contribution >= 4 is 15.9 Å². The highest BCUT2D eigenvalue weighted by atomic mass is 79.9. The molecule has 2 N–H and O–H groups in total. The van der Waals surface area contributed by atoms with Gasteiger partial charge in [-0.15, -0.1) is 0 Å². The van der Waals surface area contributed by atoms with Crippen molar-refractivity contribution in [3.63, 3.8) is 0 Å². The summed E-state index contributed by atoms with van der Waals surface area (Å²) < 4.78 is 1.11. The van der Waals surface area contributed by atoms with Crippen LogP contribution in [0.2, 0.25) is 0 Å². The summed E-state index contributed by atoms with van der Waals surface area (Å²) in [5, 5.41) is 0. The standard InChI is InChI=1S/C18H29BrN2/c1-3-14-7-9-17(10-8-14)21(2)12-11-18(20)15-5-4-6-16(19)13-15/h4-6,13-14,17-18H,3,7-12,20H2,1-2H3. The van der Waals surface area contributed by atoms with Gasteiger partial charge in [0, 0.05) is 16.6 Å². The van der Waals surface area contributed by atoms with E-state index >= 15 is 0 Å². The van der Waals surface area contributed by atoms with E-state index in [1.165, 1.54) is 37.7 Å². The molecule has 1 fully saturated rings. The van der Waals surface area contributed by atoms with Gasteiger partial charge in [-0.1, -0.05) is 41.4 Å². The predicted octanol–water partition coefficient (Wildman–Crippen LogP) is 4.74. The summed E-state index contributed by atoms with van der Waals surface area (Å²) in [6.07, 6.45) is 7.92. The number of rotatable bonds is 6. The summed E-state index contributed by atoms with van der Waals surface area (Å²) >= 11 is 3.52. The molecule has 1 saturated carbocycles. The minimum atomic E-state index is 0.136. The number of nitrogens with two attached hydrogens (primary N) is 1. The van der Waals surface area contributed by atoms with E-state index < -0.39 is 0 Å². The molecule has 1 aliphatic rings. The van der Waals surface area contributed by atoms with E-state index in [1.807, 2.05) is 0 Å². The zero-order chi connectivity index (χ0) is 15.2. The number of nitrogens with zero attached hydrogens (tertiary/aromatic N) is 1. The van der Waals surface area contributed by atoms with Crippen LogP contribution < -0.4 is 5.73 Å². The second kappa shape index (κ2) is 8.30. The highest BCUT2D eigenvalue weighted by Gasteiger charge is 2.23. The molecule has 1 aromatic rings. The number of halogens is 1. The molecule has 118 valence electrons. The maximum atomic E-state index is 6.34. The molecule has 1 unspecified atom stereocenters. The number of hydrogen-bond donors (Lipinski definition) is 1. The monoisotopic (exact) mass is 352 g/mol. The van der Waals surface area contributed by atoms with Gasteiger partial charge in [-0.25, -0.2) is 0 Å². The van der Waals surface area contributed by atoms with Crippen LogP contribution in [0.25, 0.3) is 0 Å². The first kappa shape index (κ1) is 17.0. The largest absolute Gasteiger partial charge is 0.324 e. The Morgan fingerprint density at radius 1 is 1.29 bits per heavy atom. The van der Waals surface area contributed by atoms with Gasteiger partial charge in [-0.2, -0.15) is 0 Å². The van der Waals surface area contributed by atoms with Crippen molar-refractivity contribution in [1.29, 1.82) is 0 Å². The fourth-order valence-corrected chi connectivity index (χ4v) is 3.84. The van der Waals surface area contributed by atoms with Gasteiger partial charge in [0.1, 0.15) is 0 Å². The Kier molecular flexibility index (Phi) is 6.72. The van der Waals surface area contributed by atoms with Crippen LogP contribution in [-0.4, -0.2) is 24.5 Å². The molecule has 2 nitrogen and oxygen atoms in total. The first-order valence-corrected chi connectivity index (χ1v) is 9.10. The quantitative estimate of drug-likeness (QED) is 0.800. The third-order valence-corrected chi connectivity index (χ3v) is 5.58. The van der Waals surface area contributed by atoms with Crippen molar-refractivity contribution in [2.24, 2.45) is 11.7 Å². The molecule has 2 rings (SSSR count). The number of hydrogen-bond acceptors (Lipinski definition) is 2. The lowest BCUT2D eigenvalue weighted by Crippen LogP contribution is -2.36. The average molecular weight is 353 g/mol. The van der Waals surface area contributed by atoms with Gasteiger partial charge in [0.05, 0.1) is 0 Å². The SMILES string of the molecule is CCC1CCC(N(C)CCC(N)c2cccc(Br)c2)CC1. The fourth-order valence-electron chi connectivity index (χ4n) is 3.42. The first-order valence-electron chi connectivity index (χ1n) is 8.31. The van der Waals surface area contributed by atoms with E-state index in [0.717, 1.165) is 29.4 Å². The Bertz CT molecular complexity index is 427. The van der Waals surface area contributed by atoms with Gasteiger partial charge in [0.15, 0.2) is 0 Å². The second-order valence-electron chi connectivity index (χ2n) is 6.51. The Labute approximate surface area is 138 Å². The molecule has 3 heteroatoms. The Balaban J connectivity index is 1.77. The summed E-state index contributed by atoms with van der Waals surface area (Å²) in [5.41, 5.74) is 7.57. The molecule has 0 heterocycles. The molecule has 0 radical (unpaired) electrons. The molecule has 0 amide bonds. The lowest BCUT2D eigenvalue weighted by Gasteiger charge is -2.35. The van der Waals surface area contributed by atoms with Crippen molar-refractivity contribution in [3.05, 3.63) is 34.3 Å². The van der Waals surface area contributed by atoms with Crippen molar-refractivity contribution < 1.29 is 0 Å². The van der Waals surface area contributed by atoms with E-state index in [4.69, 9.17) is 5.73 Å². The zero-order valence-corrected chi connectivity index (χ0v) is 15.0. The van der Waals surface area contributed by atoms with Gasteiger partial charge in [0.25, 0.3) is 0 Å². The molecule has 0 bridgehead atoms. The third kappa shape index (κ3) is 5.08. The maximum absolute atomic E-state index is 6.34. The van der Waals surface area contributed by atoms with E-state index in [2.05, 4.69) is 59.1 Å². The Morgan fingerprint density at radius 3 is 2.62 bits per heavy atom. The molecule has 21 heavy (non-hydrogen) atoms. The summed E-state index contributed by atoms with van der Waals surface area (Å²) in [4.78, 5) is 2.53. The molecule has 0 aliphatic heterocycles. The minimum absolute atomic E-state index is 0.136. The van der Waals surface area contributed by atoms with Crippen LogP contribution >= 0.6 is 15.9 Å². The third-order valence-electron chi connectivity index (χ3n) is 5.09. The summed E-state index contributed by atoms with van der Waals surface area (Å²) in [5.74, 6) is 0.971. The lowest BCUT2D eigenvalue weighted by atomic mass is 9.84. The molecule has 0 spiro atoms. The van der Waals surface area contributed by atoms with Crippen LogP contribution in [0, 0.1) is 5.92 Å². The van der Waals surface area contributed by atoms with Gasteiger partial charge >= 0.3 is 0 Å². The molecule has 0 saturated heterocycles. The van der Waals surface area contributed by atoms with Crippen molar-refractivity contribution in [3.8, 4) is 0 Å². The van der Waals surface area contributed by atoms with Crippen LogP contribution in [0.3, 0.4) is 0 Å². The van der Waals surface area contributed by atoms with Crippen LogP contribution in [0.1, 0.15) is 57.1 Å². The van der Waals surface area contributed by atoms with Crippen LogP contribution in [-0.2, 0) is 0 Å². The van der Waals surface area contributed by atoms with Crippen molar-refractivity contribution in [1.82, 2.24) is 4.90 Å². The predicted molar refractivity (Wildman–Crippen MR) is 94.4 cm³/mol. The molecule has 1 aliphatic carbocycles. The molecule has 1 atom stereocenters. The molecular weight excluding hydrogens is 324 g/mol. The second-order valence-corrected chi connectivity index (χ2v) is 7.43. The van der Waals surface area contributed by atoms with Crippen LogP contribution in [0.4, 0.5) is 0 Å². The first-order chi connectivity index (χ1) is 10.1. The fraction of sp³-hybridized carbons (Fsp3) is 0.667. The van der Waals surface area contributed by atoms with E-state index in [-0.39, 0.29) is 6.04 Å². The Hall–Kier alpha value is -0.380. The van der Waals surface area contributed by atoms with Gasteiger partial charge < -0.3 is 10.6 Å². The highest BCUT2D eigenvalue weighted by molar-refractivity contribution is 9.10. The van der Waals surface area contributed by atoms with Crippen LogP contribution in [0.5, 0.6) is 0 Å². The van der Waals surface area contributed by atoms with Gasteiger partial charge in [-0.3, -0.25) is 0 Å². The zero-order valence-electron chi connectivity index (χ0n) is 13.4. The van der Waals surface area contributed by atoms with Gasteiger partial charge in [-0.05, 0) is 69.3 Å². The lowest BCUT2D eigenvalue weighted by molar-refractivity contribution is 0.159. The smallest absolute Gasteiger partial charge is 0.0307 e. The summed E-state index contributed by atoms with van der Waals surface area (Å²) in [6, 6.07) is 9.28. The normalized spacial score (nSPS) is 24.2. The number of benzene rings is 1. The highest BCUT2D eigenvalue weighted by Crippen LogP contribution is 2.29. The van der Waals surface area contributed by atoms with E-state index in [9.17, 15) is 0 Å². The minimum Gasteiger partial charge on any atom is -0.324 e. The van der Waals surface area contributed by atoms with Gasteiger partial charge in [0.2, 0.25) is 0 Å².